The Morgan fingerprint density at radius 1 is 0.375 bits per heavy atom. The van der Waals surface area contributed by atoms with E-state index in [0.29, 0.717) is 79.8 Å². The monoisotopic (exact) mass is 1750 g/mol. The number of halogens is 16. The fraction of sp³-hybridized carbons (Fsp3) is 0.837. The lowest BCUT2D eigenvalue weighted by Gasteiger charge is -2.59. The van der Waals surface area contributed by atoms with E-state index in [2.05, 4.69) is 59.5 Å². The van der Waals surface area contributed by atoms with Gasteiger partial charge < -0.3 is 48.8 Å². The predicted octanol–water partition coefficient (Wildman–Crippen LogP) is 21.2. The fourth-order valence-electron chi connectivity index (χ4n) is 18.5. The molecule has 0 aromatic carbocycles. The first-order valence-corrected chi connectivity index (χ1v) is 41.4. The molecule has 0 aromatic heterocycles. The van der Waals surface area contributed by atoms with E-state index in [-0.39, 0.29) is 88.0 Å². The van der Waals surface area contributed by atoms with Gasteiger partial charge in [-0.3, -0.25) is 14.4 Å². The van der Waals surface area contributed by atoms with Gasteiger partial charge in [0.2, 0.25) is 0 Å². The number of aliphatic hydroxyl groups is 2. The summed E-state index contributed by atoms with van der Waals surface area (Å²) >= 11 is 0. The van der Waals surface area contributed by atoms with Gasteiger partial charge in [-0.25, -0.2) is 24.0 Å². The number of carbonyl (C=O) groups is 8. The maximum atomic E-state index is 13.2. The predicted molar refractivity (Wildman–Crippen MR) is 411 cm³/mol. The molecule has 12 rings (SSSR count). The maximum absolute atomic E-state index is 13.2. The van der Waals surface area contributed by atoms with Crippen LogP contribution in [0.15, 0.2) is 36.5 Å². The molecular formula is C86H130F16O18. The molecule has 0 heterocycles. The zero-order valence-corrected chi connectivity index (χ0v) is 72.6. The van der Waals surface area contributed by atoms with E-state index in [1.165, 1.54) is 99.2 Å². The van der Waals surface area contributed by atoms with E-state index in [0.717, 1.165) is 49.4 Å². The standard InChI is InChI=1S/C17H28O2.C15H22O2.2C11H14F6O.C11H18F2O4.C9H12F2O4.C7H14O2.C5H8O2/c1-5-16(2,3)15(18)19-17(4)13-7-11-6-12(9-13)10-14(17)8-11;1-9(2)14(16)17-15(3)12-5-10-4-11(7-12)8-13(15)6-10;2*12-10(13,14)9(18,11(15,16)17)5-8-4-6-1-2-7(8)3-6;1-5-7(11(12,13)8(14)15)17-9(16)10(3,4)6-2;1-4-6(9(10,11)8(13)14)15-7(12)5(2)3;1-5-7(2,3)6(8)9-4;1-4(2)5(6)7-3/h11-14H,5-10H2,1-4H3;10-13H,1,4-8H2,2-3H3;2*6-8,18H,1-5H2;7H,5-6H2,1-4H3,(H,14,15);6H,2,4H2,1,3H3,(H,13,14);5H2,1-4H3;1H2,2-3H3. The molecule has 12 aliphatic rings. The lowest BCUT2D eigenvalue weighted by molar-refractivity contribution is -0.373. The molecule has 8 unspecified atom stereocenters. The second-order valence-electron chi connectivity index (χ2n) is 37.2. The topological polar surface area (TPSA) is 273 Å². The number of esters is 6. The fourth-order valence-corrected chi connectivity index (χ4v) is 18.5. The molecule has 0 aliphatic heterocycles. The summed E-state index contributed by atoms with van der Waals surface area (Å²) in [5.41, 5.74) is -10.1. The van der Waals surface area contributed by atoms with Crippen LogP contribution in [0.1, 0.15) is 271 Å². The summed E-state index contributed by atoms with van der Waals surface area (Å²) < 4.78 is 232. The molecule has 8 atom stereocenters. The second-order valence-corrected chi connectivity index (χ2v) is 37.2. The molecule has 0 radical (unpaired) electrons. The highest BCUT2D eigenvalue weighted by atomic mass is 19.4. The van der Waals surface area contributed by atoms with Crippen molar-refractivity contribution in [2.45, 2.75) is 342 Å². The number of carbonyl (C=O) groups excluding carboxylic acids is 6. The molecule has 12 saturated carbocycles. The number of carboxylic acid groups (broad SMARTS) is 2. The molecule has 4 N–H and O–H groups in total. The highest BCUT2D eigenvalue weighted by Crippen LogP contribution is 2.63. The molecule has 694 valence electrons. The number of alkyl halides is 16. The van der Waals surface area contributed by atoms with Gasteiger partial charge in [0.25, 0.3) is 11.2 Å². The first kappa shape index (κ1) is 108. The molecule has 0 aromatic rings. The Kier molecular flexibility index (Phi) is 37.5. The Bertz CT molecular complexity index is 3350. The van der Waals surface area contributed by atoms with E-state index >= 15 is 0 Å². The average Bonchev–Trinajstić information content (AvgIpc) is 0.777. The van der Waals surface area contributed by atoms with Gasteiger partial charge in [-0.2, -0.15) is 70.2 Å². The highest BCUT2D eigenvalue weighted by Gasteiger charge is 2.73. The molecule has 12 aliphatic carbocycles. The summed E-state index contributed by atoms with van der Waals surface area (Å²) in [4.78, 5) is 88.4. The molecule has 120 heavy (non-hydrogen) atoms. The number of hydrogen-bond donors (Lipinski definition) is 4. The van der Waals surface area contributed by atoms with Crippen molar-refractivity contribution >= 4 is 47.8 Å². The molecule has 0 spiro atoms. The molecule has 0 saturated heterocycles. The van der Waals surface area contributed by atoms with Crippen LogP contribution in [0.2, 0.25) is 0 Å². The molecular weight excluding hydrogens is 1620 g/mol. The summed E-state index contributed by atoms with van der Waals surface area (Å²) in [6.07, 6.45) is -9.14. The maximum Gasteiger partial charge on any atom is 0.426 e. The Hall–Kier alpha value is -6.22. The zero-order valence-electron chi connectivity index (χ0n) is 72.6. The summed E-state index contributed by atoms with van der Waals surface area (Å²) in [5.74, 6) is -10.2. The third-order valence-electron chi connectivity index (χ3n) is 27.2. The summed E-state index contributed by atoms with van der Waals surface area (Å²) in [7, 11) is 2.75. The molecule has 0 amide bonds. The number of methoxy groups -OCH3 is 2. The van der Waals surface area contributed by atoms with Crippen molar-refractivity contribution in [3.8, 4) is 0 Å². The average molecular weight is 1760 g/mol. The Morgan fingerprint density at radius 3 is 0.875 bits per heavy atom. The number of ether oxygens (including phenoxy) is 6. The molecule has 12 fully saturated rings. The van der Waals surface area contributed by atoms with Gasteiger partial charge in [-0.05, 0) is 307 Å². The Balaban J connectivity index is 0.000000360. The quantitative estimate of drug-likeness (QED) is 0.0320. The lowest BCUT2D eigenvalue weighted by atomic mass is 9.50. The van der Waals surface area contributed by atoms with E-state index in [4.69, 9.17) is 29.9 Å². The normalized spacial score (nSPS) is 28.6. The Morgan fingerprint density at radius 2 is 0.658 bits per heavy atom. The van der Waals surface area contributed by atoms with E-state index < -0.39 is 114 Å². The van der Waals surface area contributed by atoms with E-state index in [9.17, 15) is 109 Å². The molecule has 12 bridgehead atoms. The first-order valence-electron chi connectivity index (χ1n) is 41.4. The Labute approximate surface area is 694 Å². The van der Waals surface area contributed by atoms with Crippen LogP contribution in [0, 0.1) is 99.1 Å². The van der Waals surface area contributed by atoms with Crippen molar-refractivity contribution in [3.05, 3.63) is 36.5 Å². The van der Waals surface area contributed by atoms with Gasteiger partial charge in [-0.1, -0.05) is 67.2 Å². The van der Waals surface area contributed by atoms with Crippen LogP contribution in [0.25, 0.3) is 0 Å². The SMILES string of the molecule is C=C(C)C(=O)OC.C=C(C)C(=O)OC(CC)C(F)(F)C(=O)O.C=C(C)C(=O)OC1(C)C2CC3CC(C2)CC1C3.CCC(C)(C)C(=O)OC.CCC(C)(C)C(=O)OC1(C)C2CC3CC(C2)CC1C3.CCC(OC(=O)C(C)(C)CC)C(F)(F)C(=O)O.OC(CC1CC2CCC1C2)(C(F)(F)F)C(F)(F)F.OC(CC1CC2CCC1C2)(C(F)(F)F)C(F)(F)F. The lowest BCUT2D eigenvalue weighted by Crippen LogP contribution is -2.58. The third kappa shape index (κ3) is 26.7. The van der Waals surface area contributed by atoms with Crippen molar-refractivity contribution in [2.75, 3.05) is 14.2 Å². The van der Waals surface area contributed by atoms with Gasteiger partial charge in [0.1, 0.15) is 11.2 Å². The van der Waals surface area contributed by atoms with Crippen molar-refractivity contribution < 1.29 is 157 Å². The zero-order chi connectivity index (χ0) is 93.0. The minimum Gasteiger partial charge on any atom is -0.477 e. The summed E-state index contributed by atoms with van der Waals surface area (Å²) in [5, 5.41) is 34.9. The van der Waals surface area contributed by atoms with Crippen molar-refractivity contribution in [3.63, 3.8) is 0 Å². The molecule has 18 nitrogen and oxygen atoms in total. The number of fused-ring (bicyclic) bond motifs is 4. The minimum absolute atomic E-state index is 0.0185. The van der Waals surface area contributed by atoms with Crippen molar-refractivity contribution in [2.24, 2.45) is 99.1 Å². The van der Waals surface area contributed by atoms with Gasteiger partial charge in [0.05, 0.1) is 30.5 Å². The second kappa shape index (κ2) is 41.7. The van der Waals surface area contributed by atoms with Crippen LogP contribution < -0.4 is 0 Å². The van der Waals surface area contributed by atoms with Gasteiger partial charge in [0.15, 0.2) is 12.2 Å². The smallest absolute Gasteiger partial charge is 0.426 e. The molecule has 34 heteroatoms. The van der Waals surface area contributed by atoms with Gasteiger partial charge in [-0.15, -0.1) is 0 Å². The number of rotatable bonds is 23. The largest absolute Gasteiger partial charge is 0.477 e. The number of carboxylic acids is 2. The van der Waals surface area contributed by atoms with Gasteiger partial charge in [0, 0.05) is 16.7 Å². The van der Waals surface area contributed by atoms with Crippen LogP contribution >= 0.6 is 0 Å². The highest BCUT2D eigenvalue weighted by molar-refractivity contribution is 5.88. The van der Waals surface area contributed by atoms with Crippen LogP contribution in [-0.4, -0.2) is 154 Å². The van der Waals surface area contributed by atoms with Crippen molar-refractivity contribution in [1.82, 2.24) is 0 Å². The van der Waals surface area contributed by atoms with Crippen LogP contribution in [0.3, 0.4) is 0 Å². The first-order chi connectivity index (χ1) is 54.5. The van der Waals surface area contributed by atoms with Gasteiger partial charge >= 0.3 is 84.3 Å². The summed E-state index contributed by atoms with van der Waals surface area (Å²) in [6.45, 7) is 38.5. The van der Waals surface area contributed by atoms with E-state index in [1.54, 1.807) is 34.6 Å². The van der Waals surface area contributed by atoms with Crippen LogP contribution in [-0.2, 0) is 66.8 Å². The van der Waals surface area contributed by atoms with Crippen LogP contribution in [0.5, 0.6) is 0 Å². The van der Waals surface area contributed by atoms with Crippen molar-refractivity contribution in [1.29, 1.82) is 0 Å². The number of hydrogen-bond acceptors (Lipinski definition) is 16. The third-order valence-corrected chi connectivity index (χ3v) is 27.2. The summed E-state index contributed by atoms with van der Waals surface area (Å²) in [6, 6.07) is 0. The van der Waals surface area contributed by atoms with E-state index in [1.807, 2.05) is 34.6 Å². The minimum atomic E-state index is -5.67. The van der Waals surface area contributed by atoms with Crippen LogP contribution in [0.4, 0.5) is 70.2 Å². The number of aliphatic carboxylic acids is 2.